The summed E-state index contributed by atoms with van der Waals surface area (Å²) in [5.74, 6) is 0.573. The Balaban J connectivity index is 2.05. The summed E-state index contributed by atoms with van der Waals surface area (Å²) in [6, 6.07) is 1.72. The average Bonchev–Trinajstić information content (AvgIpc) is 2.72. The number of hydrogen-bond donors (Lipinski definition) is 0. The van der Waals surface area contributed by atoms with E-state index in [9.17, 15) is 4.79 Å². The first kappa shape index (κ1) is 15.3. The van der Waals surface area contributed by atoms with E-state index in [1.165, 1.54) is 0 Å². The van der Waals surface area contributed by atoms with E-state index in [-0.39, 0.29) is 5.91 Å². The SMILES string of the molecule is COc1cnccc1C(=O)N1CCCN(CCBr)CC1. The molecule has 0 saturated carbocycles. The van der Waals surface area contributed by atoms with E-state index in [1.54, 1.807) is 25.6 Å². The molecule has 1 aromatic heterocycles. The van der Waals surface area contributed by atoms with E-state index in [4.69, 9.17) is 4.74 Å². The molecule has 0 N–H and O–H groups in total. The minimum Gasteiger partial charge on any atom is -0.494 e. The van der Waals surface area contributed by atoms with E-state index in [0.717, 1.165) is 44.5 Å². The predicted molar refractivity (Wildman–Crippen MR) is 81.5 cm³/mol. The molecule has 0 radical (unpaired) electrons. The molecule has 1 saturated heterocycles. The van der Waals surface area contributed by atoms with Gasteiger partial charge in [-0.2, -0.15) is 0 Å². The molecule has 2 rings (SSSR count). The molecular formula is C14H20BrN3O2. The number of methoxy groups -OCH3 is 1. The number of ether oxygens (including phenoxy) is 1. The molecule has 0 bridgehead atoms. The standard InChI is InChI=1S/C14H20BrN3O2/c1-20-13-11-16-5-3-12(13)14(19)18-7-2-6-17(8-4-15)9-10-18/h3,5,11H,2,4,6-10H2,1H3. The van der Waals surface area contributed by atoms with Crippen molar-refractivity contribution in [1.82, 2.24) is 14.8 Å². The molecule has 0 spiro atoms. The number of aromatic nitrogens is 1. The summed E-state index contributed by atoms with van der Waals surface area (Å²) in [5, 5.41) is 0.971. The van der Waals surface area contributed by atoms with Crippen LogP contribution in [0.5, 0.6) is 5.75 Å². The van der Waals surface area contributed by atoms with E-state index in [1.807, 2.05) is 4.90 Å². The van der Waals surface area contributed by atoms with Gasteiger partial charge in [0.1, 0.15) is 5.75 Å². The maximum absolute atomic E-state index is 12.6. The molecule has 1 aromatic rings. The highest BCUT2D eigenvalue weighted by Gasteiger charge is 2.22. The fourth-order valence-corrected chi connectivity index (χ4v) is 2.91. The molecular weight excluding hydrogens is 322 g/mol. The van der Waals surface area contributed by atoms with Gasteiger partial charge in [0.15, 0.2) is 0 Å². The van der Waals surface area contributed by atoms with E-state index < -0.39 is 0 Å². The first-order valence-electron chi connectivity index (χ1n) is 6.82. The highest BCUT2D eigenvalue weighted by atomic mass is 79.9. The topological polar surface area (TPSA) is 45.7 Å². The van der Waals surface area contributed by atoms with Crippen LogP contribution in [0.3, 0.4) is 0 Å². The smallest absolute Gasteiger partial charge is 0.257 e. The average molecular weight is 342 g/mol. The molecule has 5 nitrogen and oxygen atoms in total. The molecule has 1 aliphatic rings. The highest BCUT2D eigenvalue weighted by molar-refractivity contribution is 9.09. The summed E-state index contributed by atoms with van der Waals surface area (Å²) in [5.41, 5.74) is 0.594. The summed E-state index contributed by atoms with van der Waals surface area (Å²) in [4.78, 5) is 20.9. The summed E-state index contributed by atoms with van der Waals surface area (Å²) in [6.45, 7) is 4.55. The lowest BCUT2D eigenvalue weighted by Gasteiger charge is -2.22. The number of carbonyl (C=O) groups excluding carboxylic acids is 1. The summed E-state index contributed by atoms with van der Waals surface area (Å²) < 4.78 is 5.22. The van der Waals surface area contributed by atoms with Crippen molar-refractivity contribution in [3.05, 3.63) is 24.0 Å². The third kappa shape index (κ3) is 3.70. The van der Waals surface area contributed by atoms with Crippen molar-refractivity contribution in [3.8, 4) is 5.75 Å². The van der Waals surface area contributed by atoms with Gasteiger partial charge in [-0.05, 0) is 19.0 Å². The van der Waals surface area contributed by atoms with Gasteiger partial charge in [0.05, 0.1) is 18.9 Å². The van der Waals surface area contributed by atoms with Crippen molar-refractivity contribution in [3.63, 3.8) is 0 Å². The van der Waals surface area contributed by atoms with Crippen molar-refractivity contribution in [1.29, 1.82) is 0 Å². The molecule has 0 aliphatic carbocycles. The Kier molecular flexibility index (Phi) is 5.79. The first-order valence-corrected chi connectivity index (χ1v) is 7.94. The number of pyridine rings is 1. The highest BCUT2D eigenvalue weighted by Crippen LogP contribution is 2.18. The van der Waals surface area contributed by atoms with Crippen molar-refractivity contribution in [2.45, 2.75) is 6.42 Å². The zero-order chi connectivity index (χ0) is 14.4. The van der Waals surface area contributed by atoms with Gasteiger partial charge in [0.2, 0.25) is 0 Å². The van der Waals surface area contributed by atoms with Gasteiger partial charge in [-0.15, -0.1) is 0 Å². The molecule has 20 heavy (non-hydrogen) atoms. The van der Waals surface area contributed by atoms with Crippen LogP contribution in [0, 0.1) is 0 Å². The number of carbonyl (C=O) groups is 1. The van der Waals surface area contributed by atoms with Crippen LogP contribution in [0.15, 0.2) is 18.5 Å². The van der Waals surface area contributed by atoms with Crippen LogP contribution in [0.25, 0.3) is 0 Å². The van der Waals surface area contributed by atoms with Crippen molar-refractivity contribution in [2.75, 3.05) is 45.2 Å². The third-order valence-corrected chi connectivity index (χ3v) is 3.87. The Labute approximate surface area is 128 Å². The van der Waals surface area contributed by atoms with Gasteiger partial charge in [0.25, 0.3) is 5.91 Å². The van der Waals surface area contributed by atoms with Gasteiger partial charge in [0, 0.05) is 37.7 Å². The maximum atomic E-state index is 12.6. The van der Waals surface area contributed by atoms with Gasteiger partial charge >= 0.3 is 0 Å². The Bertz CT molecular complexity index is 456. The van der Waals surface area contributed by atoms with Gasteiger partial charge in [-0.1, -0.05) is 15.9 Å². The second kappa shape index (κ2) is 7.59. The molecule has 1 amide bonds. The number of amides is 1. The predicted octanol–water partition coefficient (Wildman–Crippen LogP) is 1.63. The van der Waals surface area contributed by atoms with Gasteiger partial charge in [-0.25, -0.2) is 0 Å². The van der Waals surface area contributed by atoms with Crippen molar-refractivity contribution >= 4 is 21.8 Å². The van der Waals surface area contributed by atoms with Crippen LogP contribution in [-0.2, 0) is 0 Å². The second-order valence-electron chi connectivity index (χ2n) is 4.75. The van der Waals surface area contributed by atoms with Crippen molar-refractivity contribution < 1.29 is 9.53 Å². The number of rotatable bonds is 4. The maximum Gasteiger partial charge on any atom is 0.257 e. The van der Waals surface area contributed by atoms with Crippen LogP contribution in [0.4, 0.5) is 0 Å². The van der Waals surface area contributed by atoms with Crippen LogP contribution in [0.2, 0.25) is 0 Å². The lowest BCUT2D eigenvalue weighted by molar-refractivity contribution is 0.0758. The molecule has 0 atom stereocenters. The van der Waals surface area contributed by atoms with Crippen LogP contribution in [0.1, 0.15) is 16.8 Å². The summed E-state index contributed by atoms with van der Waals surface area (Å²) in [6.07, 6.45) is 4.22. The normalized spacial score (nSPS) is 16.8. The molecule has 110 valence electrons. The quantitative estimate of drug-likeness (QED) is 0.781. The summed E-state index contributed by atoms with van der Waals surface area (Å²) >= 11 is 3.46. The summed E-state index contributed by atoms with van der Waals surface area (Å²) in [7, 11) is 1.56. The van der Waals surface area contributed by atoms with Gasteiger partial charge in [-0.3, -0.25) is 9.78 Å². The fourth-order valence-electron chi connectivity index (χ4n) is 2.41. The zero-order valence-electron chi connectivity index (χ0n) is 11.7. The molecule has 0 unspecified atom stereocenters. The Morgan fingerprint density at radius 2 is 2.25 bits per heavy atom. The number of nitrogens with zero attached hydrogens (tertiary/aromatic N) is 3. The molecule has 1 fully saturated rings. The van der Waals surface area contributed by atoms with Crippen LogP contribution in [-0.4, -0.2) is 65.9 Å². The minimum atomic E-state index is 0.0324. The number of alkyl halides is 1. The lowest BCUT2D eigenvalue weighted by Crippen LogP contribution is -2.35. The third-order valence-electron chi connectivity index (χ3n) is 3.51. The zero-order valence-corrected chi connectivity index (χ0v) is 13.3. The molecule has 1 aliphatic heterocycles. The van der Waals surface area contributed by atoms with Gasteiger partial charge < -0.3 is 14.5 Å². The Morgan fingerprint density at radius 1 is 1.40 bits per heavy atom. The van der Waals surface area contributed by atoms with E-state index in [0.29, 0.717) is 11.3 Å². The molecule has 6 heteroatoms. The first-order chi connectivity index (χ1) is 9.76. The van der Waals surface area contributed by atoms with Crippen LogP contribution < -0.4 is 4.74 Å². The largest absolute Gasteiger partial charge is 0.494 e. The Hall–Kier alpha value is -1.14. The van der Waals surface area contributed by atoms with E-state index >= 15 is 0 Å². The number of hydrogen-bond acceptors (Lipinski definition) is 4. The molecule has 0 aromatic carbocycles. The lowest BCUT2D eigenvalue weighted by atomic mass is 10.2. The van der Waals surface area contributed by atoms with E-state index in [2.05, 4.69) is 25.8 Å². The molecule has 2 heterocycles. The number of halogens is 1. The monoisotopic (exact) mass is 341 g/mol. The van der Waals surface area contributed by atoms with Crippen molar-refractivity contribution in [2.24, 2.45) is 0 Å². The second-order valence-corrected chi connectivity index (χ2v) is 5.55. The Morgan fingerprint density at radius 3 is 3.00 bits per heavy atom. The minimum absolute atomic E-state index is 0.0324. The van der Waals surface area contributed by atoms with Crippen LogP contribution >= 0.6 is 15.9 Å². The fraction of sp³-hybridized carbons (Fsp3) is 0.571.